The van der Waals surface area contributed by atoms with E-state index in [0.717, 1.165) is 47.8 Å². The van der Waals surface area contributed by atoms with E-state index in [1.807, 2.05) is 55.3 Å². The van der Waals surface area contributed by atoms with Gasteiger partial charge >= 0.3 is 6.01 Å². The molecular formula is C24H27N7O2. The zero-order chi connectivity index (χ0) is 22.6. The predicted molar refractivity (Wildman–Crippen MR) is 125 cm³/mol. The number of aromatic nitrogens is 6. The van der Waals surface area contributed by atoms with Crippen LogP contribution in [0.5, 0.6) is 6.01 Å². The van der Waals surface area contributed by atoms with Crippen LogP contribution in [0.2, 0.25) is 0 Å². The minimum Gasteiger partial charge on any atom is -0.463 e. The molecule has 4 aromatic rings. The highest BCUT2D eigenvalue weighted by molar-refractivity contribution is 5.60. The topological polar surface area (TPSA) is 83.1 Å². The van der Waals surface area contributed by atoms with E-state index in [2.05, 4.69) is 33.2 Å². The lowest BCUT2D eigenvalue weighted by molar-refractivity contribution is 0.122. The fourth-order valence-corrected chi connectivity index (χ4v) is 3.85. The third kappa shape index (κ3) is 4.88. The average molecular weight is 446 g/mol. The molecule has 0 spiro atoms. The quantitative estimate of drug-likeness (QED) is 0.433. The molecule has 1 saturated heterocycles. The summed E-state index contributed by atoms with van der Waals surface area (Å²) in [6.07, 6.45) is 4.56. The minimum absolute atomic E-state index is 0.342. The molecule has 0 radical (unpaired) electrons. The van der Waals surface area contributed by atoms with E-state index in [4.69, 9.17) is 19.6 Å². The summed E-state index contributed by atoms with van der Waals surface area (Å²) in [4.78, 5) is 11.6. The van der Waals surface area contributed by atoms with Crippen molar-refractivity contribution in [2.45, 2.75) is 13.3 Å². The molecule has 1 aromatic carbocycles. The van der Waals surface area contributed by atoms with Crippen molar-refractivity contribution in [3.8, 4) is 23.1 Å². The number of aryl methyl sites for hydroxylation is 2. The maximum absolute atomic E-state index is 5.99. The lowest BCUT2D eigenvalue weighted by atomic mass is 10.1. The van der Waals surface area contributed by atoms with Gasteiger partial charge in [0.15, 0.2) is 5.82 Å². The molecule has 9 heteroatoms. The van der Waals surface area contributed by atoms with Crippen LogP contribution < -0.4 is 9.64 Å². The Kier molecular flexibility index (Phi) is 6.03. The summed E-state index contributed by atoms with van der Waals surface area (Å²) in [6, 6.07) is 14.5. The molecule has 5 rings (SSSR count). The van der Waals surface area contributed by atoms with Gasteiger partial charge in [0.05, 0.1) is 31.7 Å². The molecule has 1 aliphatic rings. The lowest BCUT2D eigenvalue weighted by Gasteiger charge is -2.28. The normalized spacial score (nSPS) is 13.9. The standard InChI is InChI=1S/C24H27N7O2/c1-18-14-21(20-6-4-3-5-7-20)28-31(18)23-15-22(30-9-12-32-13-10-30)26-24(27-23)33-11-8-19-16-25-29(2)17-19/h3-7,14-17H,8-13H2,1-2H3. The Morgan fingerprint density at radius 2 is 1.82 bits per heavy atom. The van der Waals surface area contributed by atoms with Crippen LogP contribution in [0.3, 0.4) is 0 Å². The molecule has 170 valence electrons. The molecule has 3 aromatic heterocycles. The van der Waals surface area contributed by atoms with Crippen molar-refractivity contribution in [2.24, 2.45) is 7.05 Å². The molecule has 0 N–H and O–H groups in total. The molecule has 1 fully saturated rings. The second-order valence-electron chi connectivity index (χ2n) is 8.04. The van der Waals surface area contributed by atoms with Gasteiger partial charge in [0.2, 0.25) is 0 Å². The molecule has 4 heterocycles. The number of benzene rings is 1. The summed E-state index contributed by atoms with van der Waals surface area (Å²) in [5.74, 6) is 1.50. The maximum Gasteiger partial charge on any atom is 0.320 e. The Balaban J connectivity index is 1.44. The molecule has 0 unspecified atom stereocenters. The van der Waals surface area contributed by atoms with Crippen LogP contribution in [-0.2, 0) is 18.2 Å². The minimum atomic E-state index is 0.342. The Labute approximate surface area is 192 Å². The fourth-order valence-electron chi connectivity index (χ4n) is 3.85. The first-order chi connectivity index (χ1) is 16.2. The van der Waals surface area contributed by atoms with Crippen LogP contribution in [-0.4, -0.2) is 62.4 Å². The zero-order valence-electron chi connectivity index (χ0n) is 18.9. The molecule has 1 aliphatic heterocycles. The summed E-state index contributed by atoms with van der Waals surface area (Å²) >= 11 is 0. The van der Waals surface area contributed by atoms with E-state index in [1.54, 1.807) is 4.68 Å². The van der Waals surface area contributed by atoms with Crippen molar-refractivity contribution in [3.63, 3.8) is 0 Å². The highest BCUT2D eigenvalue weighted by Gasteiger charge is 2.18. The van der Waals surface area contributed by atoms with Crippen LogP contribution in [0.15, 0.2) is 54.9 Å². The smallest absolute Gasteiger partial charge is 0.320 e. The van der Waals surface area contributed by atoms with Gasteiger partial charge in [-0.3, -0.25) is 4.68 Å². The van der Waals surface area contributed by atoms with Gasteiger partial charge in [-0.15, -0.1) is 0 Å². The summed E-state index contributed by atoms with van der Waals surface area (Å²) < 4.78 is 15.1. The summed E-state index contributed by atoms with van der Waals surface area (Å²) in [7, 11) is 1.90. The monoisotopic (exact) mass is 445 g/mol. The van der Waals surface area contributed by atoms with Crippen LogP contribution >= 0.6 is 0 Å². The van der Waals surface area contributed by atoms with Gasteiger partial charge < -0.3 is 14.4 Å². The largest absolute Gasteiger partial charge is 0.463 e. The lowest BCUT2D eigenvalue weighted by Crippen LogP contribution is -2.37. The summed E-state index contributed by atoms with van der Waals surface area (Å²) in [5, 5.41) is 9.03. The number of morpholine rings is 1. The van der Waals surface area contributed by atoms with Crippen molar-refractivity contribution in [2.75, 3.05) is 37.8 Å². The van der Waals surface area contributed by atoms with E-state index in [0.29, 0.717) is 31.6 Å². The maximum atomic E-state index is 5.99. The third-order valence-electron chi connectivity index (χ3n) is 5.57. The highest BCUT2D eigenvalue weighted by Crippen LogP contribution is 2.24. The van der Waals surface area contributed by atoms with Gasteiger partial charge in [-0.25, -0.2) is 4.68 Å². The molecular weight excluding hydrogens is 418 g/mol. The molecule has 0 atom stereocenters. The predicted octanol–water partition coefficient (Wildman–Crippen LogP) is 2.83. The number of ether oxygens (including phenoxy) is 2. The van der Waals surface area contributed by atoms with Gasteiger partial charge in [-0.05, 0) is 18.6 Å². The van der Waals surface area contributed by atoms with E-state index in [1.165, 1.54) is 0 Å². The first kappa shape index (κ1) is 21.1. The third-order valence-corrected chi connectivity index (χ3v) is 5.57. The fraction of sp³-hybridized carbons (Fsp3) is 0.333. The van der Waals surface area contributed by atoms with Gasteiger partial charge in [-0.2, -0.15) is 20.2 Å². The SMILES string of the molecule is Cc1cc(-c2ccccc2)nn1-c1cc(N2CCOCC2)nc(OCCc2cnn(C)c2)n1. The van der Waals surface area contributed by atoms with Crippen molar-refractivity contribution in [3.05, 3.63) is 66.1 Å². The van der Waals surface area contributed by atoms with Crippen LogP contribution in [0.4, 0.5) is 5.82 Å². The van der Waals surface area contributed by atoms with Crippen molar-refractivity contribution < 1.29 is 9.47 Å². The summed E-state index contributed by atoms with van der Waals surface area (Å²) in [5.41, 5.74) is 4.06. The van der Waals surface area contributed by atoms with E-state index in [9.17, 15) is 0 Å². The number of nitrogens with zero attached hydrogens (tertiary/aromatic N) is 7. The average Bonchev–Trinajstić information content (AvgIpc) is 3.45. The molecule has 33 heavy (non-hydrogen) atoms. The van der Waals surface area contributed by atoms with Crippen LogP contribution in [0.1, 0.15) is 11.3 Å². The van der Waals surface area contributed by atoms with E-state index >= 15 is 0 Å². The Morgan fingerprint density at radius 3 is 2.58 bits per heavy atom. The first-order valence-electron chi connectivity index (χ1n) is 11.1. The van der Waals surface area contributed by atoms with Crippen LogP contribution in [0, 0.1) is 6.92 Å². The highest BCUT2D eigenvalue weighted by atomic mass is 16.5. The number of hydrogen-bond donors (Lipinski definition) is 0. The molecule has 0 aliphatic carbocycles. The van der Waals surface area contributed by atoms with Crippen LogP contribution in [0.25, 0.3) is 17.1 Å². The van der Waals surface area contributed by atoms with Crippen molar-refractivity contribution >= 4 is 5.82 Å². The molecule has 0 bridgehead atoms. The molecule has 9 nitrogen and oxygen atoms in total. The number of rotatable bonds is 7. The van der Waals surface area contributed by atoms with Crippen molar-refractivity contribution in [1.29, 1.82) is 0 Å². The zero-order valence-corrected chi connectivity index (χ0v) is 18.9. The van der Waals surface area contributed by atoms with Crippen molar-refractivity contribution in [1.82, 2.24) is 29.5 Å². The number of anilines is 1. The Hall–Kier alpha value is -3.72. The molecule has 0 amide bonds. The Bertz CT molecular complexity index is 1210. The molecule has 0 saturated carbocycles. The van der Waals surface area contributed by atoms with Gasteiger partial charge in [0.1, 0.15) is 5.82 Å². The number of hydrogen-bond acceptors (Lipinski definition) is 7. The van der Waals surface area contributed by atoms with E-state index in [-0.39, 0.29) is 0 Å². The van der Waals surface area contributed by atoms with Gasteiger partial charge in [0.25, 0.3) is 0 Å². The van der Waals surface area contributed by atoms with E-state index < -0.39 is 0 Å². The van der Waals surface area contributed by atoms with Gasteiger partial charge in [-0.1, -0.05) is 30.3 Å². The first-order valence-corrected chi connectivity index (χ1v) is 11.1. The summed E-state index contributed by atoms with van der Waals surface area (Å²) in [6.45, 7) is 5.40. The second kappa shape index (κ2) is 9.41. The Morgan fingerprint density at radius 1 is 1.03 bits per heavy atom. The second-order valence-corrected chi connectivity index (χ2v) is 8.04. The van der Waals surface area contributed by atoms with Gasteiger partial charge in [0, 0.05) is 50.1 Å².